The van der Waals surface area contributed by atoms with Crippen molar-refractivity contribution < 1.29 is 4.79 Å². The van der Waals surface area contributed by atoms with Gasteiger partial charge in [-0.15, -0.1) is 0 Å². The molecule has 0 spiro atoms. The van der Waals surface area contributed by atoms with E-state index in [1.807, 2.05) is 91.0 Å². The fraction of sp³-hybridized carbons (Fsp3) is 0.136. The Hall–Kier alpha value is -3.35. The van der Waals surface area contributed by atoms with Crippen molar-refractivity contribution >= 4 is 23.1 Å². The lowest BCUT2D eigenvalue weighted by atomic mass is 10.3. The highest BCUT2D eigenvalue weighted by molar-refractivity contribution is 5.99. The van der Waals surface area contributed by atoms with E-state index in [1.54, 1.807) is 0 Å². The molecule has 0 radical (unpaired) electrons. The maximum atomic E-state index is 11.6. The Labute approximate surface area is 167 Å². The molecule has 0 saturated heterocycles. The number of rotatable bonds is 3. The van der Waals surface area contributed by atoms with E-state index in [-0.39, 0.29) is 13.5 Å². The number of carbonyl (C=O) groups excluding carboxylic acids is 1. The average Bonchev–Trinajstić information content (AvgIpc) is 2.71. The topological polar surface area (TPSA) is 119 Å². The van der Waals surface area contributed by atoms with Crippen molar-refractivity contribution in [3.05, 3.63) is 91.0 Å². The van der Waals surface area contributed by atoms with Crippen LogP contribution < -0.4 is 27.8 Å². The van der Waals surface area contributed by atoms with Gasteiger partial charge in [0.1, 0.15) is 0 Å². The van der Waals surface area contributed by atoms with Gasteiger partial charge in [0.25, 0.3) is 0 Å². The van der Waals surface area contributed by atoms with Crippen LogP contribution in [0.4, 0.5) is 21.9 Å². The molecule has 0 fully saturated rings. The molecule has 0 atom stereocenters. The molecule has 0 aliphatic carbocycles. The molecule has 2 amide bonds. The zero-order chi connectivity index (χ0) is 19.7. The van der Waals surface area contributed by atoms with E-state index < -0.39 is 0 Å². The fourth-order valence-electron chi connectivity index (χ4n) is 1.79. The number of nitrogens with one attached hydrogen (secondary N) is 2. The number of para-hydroxylation sites is 3. The molecule has 0 heterocycles. The number of carbonyl (C=O) groups is 1. The van der Waals surface area contributed by atoms with Crippen LogP contribution in [0.5, 0.6) is 0 Å². The van der Waals surface area contributed by atoms with E-state index in [1.165, 1.54) is 0 Å². The van der Waals surface area contributed by atoms with Crippen LogP contribution in [0.15, 0.2) is 91.0 Å². The normalized spacial score (nSPS) is 8.64. The second-order valence-electron chi connectivity index (χ2n) is 5.30. The minimum Gasteiger partial charge on any atom is -0.399 e. The third-order valence-electron chi connectivity index (χ3n) is 3.03. The van der Waals surface area contributed by atoms with Crippen molar-refractivity contribution in [2.75, 3.05) is 29.5 Å². The van der Waals surface area contributed by atoms with Crippen LogP contribution in [0.2, 0.25) is 0 Å². The number of nitrogens with two attached hydrogens (primary N) is 3. The SMILES string of the molecule is C.NCCN.Nc1ccccc1.O=C(Nc1ccccc1)Nc1ccccc1. The summed E-state index contributed by atoms with van der Waals surface area (Å²) >= 11 is 0. The van der Waals surface area contributed by atoms with Crippen molar-refractivity contribution in [2.24, 2.45) is 11.5 Å². The van der Waals surface area contributed by atoms with Crippen molar-refractivity contribution in [3.63, 3.8) is 0 Å². The lowest BCUT2D eigenvalue weighted by molar-refractivity contribution is 0.262. The van der Waals surface area contributed by atoms with Crippen LogP contribution in [-0.2, 0) is 0 Å². The van der Waals surface area contributed by atoms with Gasteiger partial charge in [-0.2, -0.15) is 0 Å². The second kappa shape index (κ2) is 15.9. The fourth-order valence-corrected chi connectivity index (χ4v) is 1.79. The first-order valence-electron chi connectivity index (χ1n) is 8.54. The molecule has 28 heavy (non-hydrogen) atoms. The predicted molar refractivity (Wildman–Crippen MR) is 121 cm³/mol. The van der Waals surface area contributed by atoms with E-state index in [9.17, 15) is 4.79 Å². The Morgan fingerprint density at radius 2 is 0.964 bits per heavy atom. The molecule has 8 N–H and O–H groups in total. The number of hydrogen-bond donors (Lipinski definition) is 5. The molecule has 0 bridgehead atoms. The molecule has 0 unspecified atom stereocenters. The number of anilines is 3. The molecule has 150 valence electrons. The van der Waals surface area contributed by atoms with Crippen LogP contribution in [0.1, 0.15) is 7.43 Å². The van der Waals surface area contributed by atoms with Gasteiger partial charge in [0.05, 0.1) is 0 Å². The number of benzene rings is 3. The van der Waals surface area contributed by atoms with Crippen molar-refractivity contribution in [1.82, 2.24) is 0 Å². The standard InChI is InChI=1S/C13H12N2O.C6H7N.C2H8N2.CH4/c16-13(14-11-7-3-1-4-8-11)15-12-9-5-2-6-10-12;7-6-4-2-1-3-5-6;3-1-2-4;/h1-10H,(H2,14,15,16);1-5H,7H2;1-4H2;1H4. The van der Waals surface area contributed by atoms with Gasteiger partial charge < -0.3 is 27.8 Å². The Bertz CT molecular complexity index is 691. The van der Waals surface area contributed by atoms with Gasteiger partial charge in [-0.25, -0.2) is 4.79 Å². The molecule has 6 heteroatoms. The monoisotopic (exact) mass is 381 g/mol. The quantitative estimate of drug-likeness (QED) is 0.438. The highest BCUT2D eigenvalue weighted by atomic mass is 16.2. The molecule has 0 aliphatic heterocycles. The minimum absolute atomic E-state index is 0. The van der Waals surface area contributed by atoms with Gasteiger partial charge in [-0.05, 0) is 36.4 Å². The summed E-state index contributed by atoms with van der Waals surface area (Å²) in [6, 6.07) is 27.9. The van der Waals surface area contributed by atoms with Gasteiger partial charge in [0, 0.05) is 30.2 Å². The van der Waals surface area contributed by atoms with Gasteiger partial charge in [0.15, 0.2) is 0 Å². The second-order valence-corrected chi connectivity index (χ2v) is 5.30. The Balaban J connectivity index is 0.000000506. The highest BCUT2D eigenvalue weighted by Gasteiger charge is 2.00. The molecule has 3 aromatic rings. The summed E-state index contributed by atoms with van der Waals surface area (Å²) in [5, 5.41) is 5.48. The number of urea groups is 1. The minimum atomic E-state index is -0.239. The van der Waals surface area contributed by atoms with E-state index in [4.69, 9.17) is 17.2 Å². The summed E-state index contributed by atoms with van der Waals surface area (Å²) in [7, 11) is 0. The predicted octanol–water partition coefficient (Wildman–Crippen LogP) is 4.14. The van der Waals surface area contributed by atoms with E-state index >= 15 is 0 Å². The van der Waals surface area contributed by atoms with E-state index in [0.29, 0.717) is 13.1 Å². The lowest BCUT2D eigenvalue weighted by Crippen LogP contribution is -2.19. The van der Waals surface area contributed by atoms with E-state index in [0.717, 1.165) is 17.1 Å². The van der Waals surface area contributed by atoms with Crippen LogP contribution in [0.3, 0.4) is 0 Å². The lowest BCUT2D eigenvalue weighted by Gasteiger charge is -2.06. The summed E-state index contributed by atoms with van der Waals surface area (Å²) < 4.78 is 0. The summed E-state index contributed by atoms with van der Waals surface area (Å²) in [5.41, 5.74) is 17.5. The maximum absolute atomic E-state index is 11.6. The number of nitrogen functional groups attached to an aromatic ring is 1. The third-order valence-corrected chi connectivity index (χ3v) is 3.03. The average molecular weight is 382 g/mol. The molecule has 3 aromatic carbocycles. The maximum Gasteiger partial charge on any atom is 0.323 e. The van der Waals surface area contributed by atoms with Crippen molar-refractivity contribution in [2.45, 2.75) is 7.43 Å². The first-order valence-corrected chi connectivity index (χ1v) is 8.54. The van der Waals surface area contributed by atoms with Gasteiger partial charge in [0.2, 0.25) is 0 Å². The van der Waals surface area contributed by atoms with Crippen LogP contribution in [0.25, 0.3) is 0 Å². The number of hydrogen-bond acceptors (Lipinski definition) is 4. The Morgan fingerprint density at radius 3 is 1.21 bits per heavy atom. The van der Waals surface area contributed by atoms with Crippen molar-refractivity contribution in [1.29, 1.82) is 0 Å². The van der Waals surface area contributed by atoms with Crippen LogP contribution in [-0.4, -0.2) is 19.1 Å². The summed E-state index contributed by atoms with van der Waals surface area (Å²) in [6.07, 6.45) is 0. The Morgan fingerprint density at radius 1 is 0.643 bits per heavy atom. The van der Waals surface area contributed by atoms with Crippen molar-refractivity contribution in [3.8, 4) is 0 Å². The van der Waals surface area contributed by atoms with Gasteiger partial charge >= 0.3 is 6.03 Å². The molecule has 0 aromatic heterocycles. The summed E-state index contributed by atoms with van der Waals surface area (Å²) in [4.78, 5) is 11.6. The zero-order valence-electron chi connectivity index (χ0n) is 15.2. The van der Waals surface area contributed by atoms with Crippen LogP contribution >= 0.6 is 0 Å². The molecular weight excluding hydrogens is 350 g/mol. The Kier molecular flexibility index (Phi) is 14.0. The summed E-state index contributed by atoms with van der Waals surface area (Å²) in [5.74, 6) is 0. The first kappa shape index (κ1) is 24.7. The molecular formula is C22H31N5O. The molecule has 0 aliphatic rings. The first-order chi connectivity index (χ1) is 13.2. The molecule has 3 rings (SSSR count). The van der Waals surface area contributed by atoms with Gasteiger partial charge in [-0.1, -0.05) is 62.0 Å². The highest BCUT2D eigenvalue weighted by Crippen LogP contribution is 2.08. The van der Waals surface area contributed by atoms with Crippen LogP contribution in [0, 0.1) is 0 Å². The van der Waals surface area contributed by atoms with E-state index in [2.05, 4.69) is 10.6 Å². The largest absolute Gasteiger partial charge is 0.399 e. The summed E-state index contributed by atoms with van der Waals surface area (Å²) in [6.45, 7) is 1.19. The molecule has 6 nitrogen and oxygen atoms in total. The number of amides is 2. The van der Waals surface area contributed by atoms with Gasteiger partial charge in [-0.3, -0.25) is 0 Å². The zero-order valence-corrected chi connectivity index (χ0v) is 15.2. The molecule has 0 saturated carbocycles. The smallest absolute Gasteiger partial charge is 0.323 e. The third kappa shape index (κ3) is 12.1.